The van der Waals surface area contributed by atoms with Gasteiger partial charge in [0.05, 0.1) is 11.7 Å². The molecule has 1 aliphatic carbocycles. The molecule has 2 N–H and O–H groups in total. The van der Waals surface area contributed by atoms with Gasteiger partial charge in [0, 0.05) is 19.7 Å². The van der Waals surface area contributed by atoms with E-state index in [9.17, 15) is 5.11 Å². The Balaban J connectivity index is 1.67. The molecule has 2 fully saturated rings. The van der Waals surface area contributed by atoms with E-state index in [-0.39, 0.29) is 0 Å². The van der Waals surface area contributed by atoms with E-state index in [1.54, 1.807) is 0 Å². The van der Waals surface area contributed by atoms with Crippen LogP contribution in [0.4, 0.5) is 0 Å². The van der Waals surface area contributed by atoms with Crippen LogP contribution < -0.4 is 5.32 Å². The van der Waals surface area contributed by atoms with Gasteiger partial charge < -0.3 is 15.2 Å². The summed E-state index contributed by atoms with van der Waals surface area (Å²) >= 11 is 0. The molecule has 0 spiro atoms. The lowest BCUT2D eigenvalue weighted by Crippen LogP contribution is -2.40. The highest BCUT2D eigenvalue weighted by atomic mass is 16.5. The number of ether oxygens (including phenoxy) is 1. The lowest BCUT2D eigenvalue weighted by molar-refractivity contribution is 0.0439. The van der Waals surface area contributed by atoms with Crippen molar-refractivity contribution in [2.75, 3.05) is 19.7 Å². The highest BCUT2D eigenvalue weighted by Crippen LogP contribution is 2.29. The molecule has 0 radical (unpaired) electrons. The molecule has 2 rings (SSSR count). The van der Waals surface area contributed by atoms with Crippen LogP contribution in [0.5, 0.6) is 0 Å². The minimum Gasteiger partial charge on any atom is -0.389 e. The van der Waals surface area contributed by atoms with Crippen molar-refractivity contribution < 1.29 is 9.84 Å². The molecule has 2 atom stereocenters. The Kier molecular flexibility index (Phi) is 4.22. The predicted octanol–water partition coefficient (Wildman–Crippen LogP) is 1.70. The van der Waals surface area contributed by atoms with Crippen LogP contribution in [0.3, 0.4) is 0 Å². The number of hydrogen-bond acceptors (Lipinski definition) is 3. The molecule has 0 aromatic heterocycles. The highest BCUT2D eigenvalue weighted by Gasteiger charge is 2.32. The minimum atomic E-state index is -0.416. The fourth-order valence-electron chi connectivity index (χ4n) is 3.08. The van der Waals surface area contributed by atoms with Crippen molar-refractivity contribution in [3.63, 3.8) is 0 Å². The standard InChI is InChI=1S/C13H25NO2/c1-2-12-11(5-8-16-12)9-14-10-13(15)6-3-4-7-13/h11-12,14-15H,2-10H2,1H3. The van der Waals surface area contributed by atoms with Crippen LogP contribution >= 0.6 is 0 Å². The third kappa shape index (κ3) is 2.96. The van der Waals surface area contributed by atoms with E-state index < -0.39 is 5.60 Å². The summed E-state index contributed by atoms with van der Waals surface area (Å²) in [5.41, 5.74) is -0.416. The van der Waals surface area contributed by atoms with Crippen molar-refractivity contribution in [1.82, 2.24) is 5.32 Å². The molecule has 1 heterocycles. The van der Waals surface area contributed by atoms with Crippen molar-refractivity contribution in [3.8, 4) is 0 Å². The van der Waals surface area contributed by atoms with Crippen molar-refractivity contribution in [3.05, 3.63) is 0 Å². The second-order valence-corrected chi connectivity index (χ2v) is 5.43. The Morgan fingerprint density at radius 1 is 1.38 bits per heavy atom. The average molecular weight is 227 g/mol. The van der Waals surface area contributed by atoms with Crippen LogP contribution in [-0.4, -0.2) is 36.5 Å². The zero-order chi connectivity index (χ0) is 11.4. The third-order valence-corrected chi connectivity index (χ3v) is 4.14. The number of rotatable bonds is 5. The summed E-state index contributed by atoms with van der Waals surface area (Å²) in [6.45, 7) is 4.86. The van der Waals surface area contributed by atoms with Crippen LogP contribution in [0.25, 0.3) is 0 Å². The predicted molar refractivity (Wildman–Crippen MR) is 64.4 cm³/mol. The van der Waals surface area contributed by atoms with Gasteiger partial charge in [-0.05, 0) is 31.6 Å². The van der Waals surface area contributed by atoms with Gasteiger partial charge in [-0.3, -0.25) is 0 Å². The Labute approximate surface area is 98.6 Å². The third-order valence-electron chi connectivity index (χ3n) is 4.14. The van der Waals surface area contributed by atoms with Crippen molar-refractivity contribution in [2.24, 2.45) is 5.92 Å². The van der Waals surface area contributed by atoms with Crippen LogP contribution in [0.1, 0.15) is 45.4 Å². The van der Waals surface area contributed by atoms with Gasteiger partial charge in [0.15, 0.2) is 0 Å². The number of nitrogens with one attached hydrogen (secondary N) is 1. The summed E-state index contributed by atoms with van der Waals surface area (Å²) in [6, 6.07) is 0. The van der Waals surface area contributed by atoms with E-state index in [1.807, 2.05) is 0 Å². The molecule has 16 heavy (non-hydrogen) atoms. The van der Waals surface area contributed by atoms with Gasteiger partial charge in [0.2, 0.25) is 0 Å². The maximum atomic E-state index is 10.2. The largest absolute Gasteiger partial charge is 0.389 e. The molecule has 94 valence electrons. The Morgan fingerprint density at radius 2 is 2.12 bits per heavy atom. The fraction of sp³-hybridized carbons (Fsp3) is 1.00. The van der Waals surface area contributed by atoms with E-state index in [4.69, 9.17) is 4.74 Å². The van der Waals surface area contributed by atoms with Crippen LogP contribution in [0.2, 0.25) is 0 Å². The van der Waals surface area contributed by atoms with E-state index in [0.717, 1.165) is 39.0 Å². The molecule has 1 saturated carbocycles. The normalized spacial score (nSPS) is 33.4. The molecule has 0 aromatic rings. The van der Waals surface area contributed by atoms with Crippen LogP contribution in [-0.2, 0) is 4.74 Å². The molecule has 0 aromatic carbocycles. The van der Waals surface area contributed by atoms with Gasteiger partial charge in [0.1, 0.15) is 0 Å². The molecule has 2 aliphatic rings. The summed E-state index contributed by atoms with van der Waals surface area (Å²) in [7, 11) is 0. The topological polar surface area (TPSA) is 41.5 Å². The van der Waals surface area contributed by atoms with Crippen molar-refractivity contribution in [2.45, 2.75) is 57.2 Å². The van der Waals surface area contributed by atoms with E-state index >= 15 is 0 Å². The van der Waals surface area contributed by atoms with Gasteiger partial charge in [-0.15, -0.1) is 0 Å². The van der Waals surface area contributed by atoms with Gasteiger partial charge in [-0.25, -0.2) is 0 Å². The van der Waals surface area contributed by atoms with Gasteiger partial charge in [-0.2, -0.15) is 0 Å². The first kappa shape index (κ1) is 12.3. The summed E-state index contributed by atoms with van der Waals surface area (Å²) in [5.74, 6) is 0.648. The lowest BCUT2D eigenvalue weighted by atomic mass is 9.98. The molecular formula is C13H25NO2. The maximum absolute atomic E-state index is 10.2. The molecule has 3 heteroatoms. The monoisotopic (exact) mass is 227 g/mol. The quantitative estimate of drug-likeness (QED) is 0.751. The van der Waals surface area contributed by atoms with E-state index in [1.165, 1.54) is 19.3 Å². The van der Waals surface area contributed by atoms with Crippen LogP contribution in [0.15, 0.2) is 0 Å². The zero-order valence-electron chi connectivity index (χ0n) is 10.4. The highest BCUT2D eigenvalue weighted by molar-refractivity contribution is 4.87. The molecular weight excluding hydrogens is 202 g/mol. The van der Waals surface area contributed by atoms with E-state index in [0.29, 0.717) is 12.0 Å². The van der Waals surface area contributed by atoms with Crippen molar-refractivity contribution in [1.29, 1.82) is 0 Å². The first-order valence-electron chi connectivity index (χ1n) is 6.78. The average Bonchev–Trinajstić information content (AvgIpc) is 2.88. The second kappa shape index (κ2) is 5.48. The minimum absolute atomic E-state index is 0.416. The smallest absolute Gasteiger partial charge is 0.0771 e. The number of aliphatic hydroxyl groups is 1. The van der Waals surface area contributed by atoms with Gasteiger partial charge in [-0.1, -0.05) is 19.8 Å². The molecule has 1 saturated heterocycles. The zero-order valence-corrected chi connectivity index (χ0v) is 10.4. The Hall–Kier alpha value is -0.120. The van der Waals surface area contributed by atoms with Crippen LogP contribution in [0, 0.1) is 5.92 Å². The van der Waals surface area contributed by atoms with E-state index in [2.05, 4.69) is 12.2 Å². The lowest BCUT2D eigenvalue weighted by Gasteiger charge is -2.24. The Bertz CT molecular complexity index is 214. The number of hydrogen-bond donors (Lipinski definition) is 2. The summed E-state index contributed by atoms with van der Waals surface area (Å²) in [4.78, 5) is 0. The summed E-state index contributed by atoms with van der Waals surface area (Å²) in [5, 5.41) is 13.6. The second-order valence-electron chi connectivity index (χ2n) is 5.43. The first-order valence-corrected chi connectivity index (χ1v) is 6.78. The maximum Gasteiger partial charge on any atom is 0.0771 e. The molecule has 1 aliphatic heterocycles. The molecule has 2 unspecified atom stereocenters. The SMILES string of the molecule is CCC1OCCC1CNCC1(O)CCCC1. The summed E-state index contributed by atoms with van der Waals surface area (Å²) in [6.07, 6.45) is 7.02. The molecule has 0 amide bonds. The molecule has 0 bridgehead atoms. The van der Waals surface area contributed by atoms with Gasteiger partial charge in [0.25, 0.3) is 0 Å². The fourth-order valence-corrected chi connectivity index (χ4v) is 3.08. The van der Waals surface area contributed by atoms with Gasteiger partial charge >= 0.3 is 0 Å². The summed E-state index contributed by atoms with van der Waals surface area (Å²) < 4.78 is 5.66. The molecule has 3 nitrogen and oxygen atoms in total. The Morgan fingerprint density at radius 3 is 2.81 bits per heavy atom. The van der Waals surface area contributed by atoms with Crippen molar-refractivity contribution >= 4 is 0 Å². The first-order chi connectivity index (χ1) is 7.73.